The Bertz CT molecular complexity index is 1450. The minimum Gasteiger partial charge on any atom is -0.256 e. The molecule has 0 aliphatic heterocycles. The molecule has 12 heteroatoms. The van der Waals surface area contributed by atoms with Gasteiger partial charge in [-0.25, -0.2) is 21.6 Å². The molecule has 1 aromatic heterocycles. The summed E-state index contributed by atoms with van der Waals surface area (Å²) in [7, 11) is -4.40. The van der Waals surface area contributed by atoms with Crippen LogP contribution in [0.25, 0.3) is 0 Å². The Labute approximate surface area is 211 Å². The molecule has 36 heavy (non-hydrogen) atoms. The Morgan fingerprint density at radius 3 is 2.39 bits per heavy atom. The summed E-state index contributed by atoms with van der Waals surface area (Å²) in [5, 5.41) is 11.7. The Morgan fingerprint density at radius 1 is 1.00 bits per heavy atom. The van der Waals surface area contributed by atoms with Gasteiger partial charge in [0.2, 0.25) is 0 Å². The Kier molecular flexibility index (Phi) is 7.60. The predicted octanol–water partition coefficient (Wildman–Crippen LogP) is 5.33. The van der Waals surface area contributed by atoms with Gasteiger partial charge in [-0.3, -0.25) is 4.31 Å². The lowest BCUT2D eigenvalue weighted by molar-refractivity contribution is 0.498. The molecule has 0 aliphatic rings. The lowest BCUT2D eigenvalue weighted by atomic mass is 9.97. The fraction of sp³-hybridized carbons (Fsp3) is 0.208. The number of benzene rings is 3. The van der Waals surface area contributed by atoms with E-state index in [4.69, 9.17) is 11.6 Å². The van der Waals surface area contributed by atoms with Gasteiger partial charge in [0.25, 0.3) is 10.0 Å². The van der Waals surface area contributed by atoms with Gasteiger partial charge >= 0.3 is 0 Å². The van der Waals surface area contributed by atoms with Crippen molar-refractivity contribution in [2.75, 3.05) is 4.31 Å². The number of sulfonamides is 1. The lowest BCUT2D eigenvalue weighted by Gasteiger charge is -2.32. The highest BCUT2D eigenvalue weighted by Gasteiger charge is 2.33. The molecule has 4 rings (SSSR count). The molecular formula is C24H21ClF3N5O2S. The van der Waals surface area contributed by atoms with Crippen LogP contribution >= 0.6 is 11.6 Å². The van der Waals surface area contributed by atoms with E-state index in [0.29, 0.717) is 35.5 Å². The van der Waals surface area contributed by atoms with Crippen molar-refractivity contribution in [2.45, 2.75) is 37.2 Å². The van der Waals surface area contributed by atoms with Gasteiger partial charge in [-0.1, -0.05) is 17.7 Å². The predicted molar refractivity (Wildman–Crippen MR) is 128 cm³/mol. The first kappa shape index (κ1) is 25.6. The molecule has 0 unspecified atom stereocenters. The van der Waals surface area contributed by atoms with E-state index < -0.39 is 39.2 Å². The summed E-state index contributed by atoms with van der Waals surface area (Å²) in [5.74, 6) is -2.25. The molecule has 0 spiro atoms. The average molecular weight is 536 g/mol. The molecule has 0 radical (unpaired) electrons. The first-order chi connectivity index (χ1) is 17.2. The minimum atomic E-state index is -4.40. The van der Waals surface area contributed by atoms with Crippen LogP contribution in [0.2, 0.25) is 5.02 Å². The largest absolute Gasteiger partial charge is 0.264 e. The molecule has 7 nitrogen and oxygen atoms in total. The maximum absolute atomic E-state index is 15.0. The first-order valence-corrected chi connectivity index (χ1v) is 12.7. The van der Waals surface area contributed by atoms with Crippen LogP contribution in [0.3, 0.4) is 0 Å². The van der Waals surface area contributed by atoms with E-state index in [1.165, 1.54) is 60.5 Å². The van der Waals surface area contributed by atoms with E-state index >= 15 is 0 Å². The average Bonchev–Trinajstić information content (AvgIpc) is 3.35. The molecule has 0 saturated carbocycles. The monoisotopic (exact) mass is 535 g/mol. The molecule has 0 aliphatic carbocycles. The number of hydrogen-bond donors (Lipinski definition) is 0. The highest BCUT2D eigenvalue weighted by molar-refractivity contribution is 7.92. The molecule has 1 atom stereocenters. The molecule has 4 aromatic rings. The Balaban J connectivity index is 1.78. The van der Waals surface area contributed by atoms with Crippen LogP contribution in [0.4, 0.5) is 18.9 Å². The maximum atomic E-state index is 15.0. The third-order valence-corrected chi connectivity index (χ3v) is 7.77. The van der Waals surface area contributed by atoms with Gasteiger partial charge in [-0.15, -0.1) is 10.2 Å². The quantitative estimate of drug-likeness (QED) is 0.289. The van der Waals surface area contributed by atoms with Crippen molar-refractivity contribution in [3.8, 4) is 0 Å². The second kappa shape index (κ2) is 10.7. The summed E-state index contributed by atoms with van der Waals surface area (Å²) in [6, 6.07) is 10.8. The summed E-state index contributed by atoms with van der Waals surface area (Å²) in [4.78, 5) is 1.21. The second-order valence-electron chi connectivity index (χ2n) is 8.00. The van der Waals surface area contributed by atoms with Gasteiger partial charge in [0, 0.05) is 11.1 Å². The van der Waals surface area contributed by atoms with Crippen molar-refractivity contribution < 1.29 is 21.6 Å². The van der Waals surface area contributed by atoms with Crippen LogP contribution in [0.1, 0.15) is 30.5 Å². The van der Waals surface area contributed by atoms with Gasteiger partial charge in [0.1, 0.15) is 17.5 Å². The van der Waals surface area contributed by atoms with Gasteiger partial charge in [0.15, 0.2) is 6.33 Å². The highest BCUT2D eigenvalue weighted by atomic mass is 35.5. The van der Waals surface area contributed by atoms with Gasteiger partial charge in [-0.2, -0.15) is 4.80 Å². The Hall–Kier alpha value is -3.44. The van der Waals surface area contributed by atoms with Gasteiger partial charge in [-0.05, 0) is 84.6 Å². The number of rotatable bonds is 9. The summed E-state index contributed by atoms with van der Waals surface area (Å²) in [6.07, 6.45) is 2.14. The van der Waals surface area contributed by atoms with Crippen LogP contribution in [0.5, 0.6) is 0 Å². The molecule has 0 saturated heterocycles. The zero-order chi connectivity index (χ0) is 25.9. The van der Waals surface area contributed by atoms with Gasteiger partial charge < -0.3 is 0 Å². The normalized spacial score (nSPS) is 12.5. The lowest BCUT2D eigenvalue weighted by Crippen LogP contribution is -2.35. The molecule has 0 bridgehead atoms. The van der Waals surface area contributed by atoms with E-state index in [-0.39, 0.29) is 4.90 Å². The Morgan fingerprint density at radius 2 is 1.69 bits per heavy atom. The third-order valence-electron chi connectivity index (χ3n) is 5.62. The molecule has 0 N–H and O–H groups in total. The number of aromatic nitrogens is 4. The number of anilines is 1. The molecular weight excluding hydrogens is 515 g/mol. The van der Waals surface area contributed by atoms with Crippen molar-refractivity contribution in [3.63, 3.8) is 0 Å². The fourth-order valence-corrected chi connectivity index (χ4v) is 5.71. The minimum absolute atomic E-state index is 0.164. The van der Waals surface area contributed by atoms with Crippen LogP contribution in [-0.2, 0) is 23.0 Å². The summed E-state index contributed by atoms with van der Waals surface area (Å²) >= 11 is 5.92. The molecule has 0 amide bonds. The zero-order valence-corrected chi connectivity index (χ0v) is 20.6. The smallest absolute Gasteiger partial charge is 0.256 e. The topological polar surface area (TPSA) is 81.0 Å². The SMILES string of the molecule is C[C@H](c1ccc(F)cc1CCCn1ncnn1)N(c1cc(F)ccc1F)S(=O)(=O)c1ccc(Cl)cc1. The van der Waals surface area contributed by atoms with Crippen LogP contribution < -0.4 is 4.31 Å². The summed E-state index contributed by atoms with van der Waals surface area (Å²) in [6.45, 7) is 1.93. The summed E-state index contributed by atoms with van der Waals surface area (Å²) < 4.78 is 71.7. The van der Waals surface area contributed by atoms with E-state index in [2.05, 4.69) is 15.4 Å². The number of tetrazole rings is 1. The van der Waals surface area contributed by atoms with E-state index in [1.54, 1.807) is 0 Å². The number of hydrogen-bond acceptors (Lipinski definition) is 5. The second-order valence-corrected chi connectivity index (χ2v) is 10.3. The summed E-state index contributed by atoms with van der Waals surface area (Å²) in [5.41, 5.74) is 0.472. The maximum Gasteiger partial charge on any atom is 0.264 e. The van der Waals surface area contributed by atoms with Crippen molar-refractivity contribution in [3.05, 3.63) is 101 Å². The molecule has 3 aromatic carbocycles. The molecule has 0 fully saturated rings. The fourth-order valence-electron chi connectivity index (χ4n) is 3.95. The van der Waals surface area contributed by atoms with Gasteiger partial charge in [0.05, 0.1) is 23.2 Å². The molecule has 188 valence electrons. The molecule has 1 heterocycles. The first-order valence-electron chi connectivity index (χ1n) is 10.9. The van der Waals surface area contributed by atoms with Crippen molar-refractivity contribution in [1.29, 1.82) is 0 Å². The van der Waals surface area contributed by atoms with Crippen molar-refractivity contribution in [1.82, 2.24) is 20.2 Å². The van der Waals surface area contributed by atoms with Crippen molar-refractivity contribution >= 4 is 27.3 Å². The van der Waals surface area contributed by atoms with Crippen LogP contribution in [-0.4, -0.2) is 28.6 Å². The van der Waals surface area contributed by atoms with Crippen LogP contribution in [0, 0.1) is 17.5 Å². The number of aryl methyl sites for hydroxylation is 2. The third kappa shape index (κ3) is 5.52. The highest BCUT2D eigenvalue weighted by Crippen LogP contribution is 2.37. The van der Waals surface area contributed by atoms with Crippen LogP contribution in [0.15, 0.2) is 71.9 Å². The van der Waals surface area contributed by atoms with Crippen molar-refractivity contribution in [2.24, 2.45) is 0 Å². The van der Waals surface area contributed by atoms with E-state index in [9.17, 15) is 21.6 Å². The number of nitrogens with zero attached hydrogens (tertiary/aromatic N) is 5. The van der Waals surface area contributed by atoms with E-state index in [1.807, 2.05) is 0 Å². The van der Waals surface area contributed by atoms with E-state index in [0.717, 1.165) is 22.5 Å². The standard InChI is InChI=1S/C24H21ClF3N5O2S/c1-16(22-10-6-19(26)13-17(22)3-2-12-32-30-15-29-31-32)33(24-14-20(27)7-11-23(24)28)36(34,35)21-8-4-18(25)5-9-21/h4-11,13-16H,2-3,12H2,1H3/t16-/m1/s1. The number of halogens is 4. The zero-order valence-electron chi connectivity index (χ0n) is 19.0.